The largest absolute Gasteiger partial charge is 0.464 e. The number of nitrogens with one attached hydrogen (secondary N) is 1. The van der Waals surface area contributed by atoms with Gasteiger partial charge < -0.3 is 9.73 Å². The number of furan rings is 1. The molecule has 3 rings (SSSR count). The van der Waals surface area contributed by atoms with Crippen molar-refractivity contribution in [1.29, 1.82) is 0 Å². The van der Waals surface area contributed by atoms with Crippen LogP contribution in [0.25, 0.3) is 11.0 Å². The number of fused-ring (bicyclic) bond motifs is 1. The molecule has 15 heavy (non-hydrogen) atoms. The van der Waals surface area contributed by atoms with Gasteiger partial charge >= 0.3 is 0 Å². The van der Waals surface area contributed by atoms with Crippen LogP contribution in [-0.2, 0) is 0 Å². The summed E-state index contributed by atoms with van der Waals surface area (Å²) in [6.07, 6.45) is 4.72. The Kier molecular flexibility index (Phi) is 2.29. The fraction of sp³-hybridized carbons (Fsp3) is 0.364. The number of hydrogen-bond donors (Lipinski definition) is 1. The number of nitrogens with zero attached hydrogens (tertiary/aromatic N) is 1. The molecule has 2 aromatic heterocycles. The van der Waals surface area contributed by atoms with Crippen molar-refractivity contribution in [3.8, 4) is 0 Å². The molecule has 3 nitrogen and oxygen atoms in total. The van der Waals surface area contributed by atoms with E-state index in [2.05, 4.69) is 10.3 Å². The molecule has 1 aliphatic rings. The molecule has 1 aliphatic heterocycles. The van der Waals surface area contributed by atoms with Gasteiger partial charge in [-0.15, -0.1) is 0 Å². The zero-order chi connectivity index (χ0) is 10.1. The lowest BCUT2D eigenvalue weighted by Gasteiger charge is -2.11. The van der Waals surface area contributed by atoms with Gasteiger partial charge in [0.2, 0.25) is 0 Å². The van der Waals surface area contributed by atoms with Gasteiger partial charge in [-0.05, 0) is 24.3 Å². The average molecular weight is 220 g/mol. The minimum Gasteiger partial charge on any atom is -0.464 e. The van der Waals surface area contributed by atoms with Crippen molar-refractivity contribution < 1.29 is 4.42 Å². The van der Waals surface area contributed by atoms with Crippen LogP contribution in [-0.4, -0.2) is 22.5 Å². The van der Waals surface area contributed by atoms with Crippen LogP contribution in [0.3, 0.4) is 0 Å². The van der Waals surface area contributed by atoms with Gasteiger partial charge in [-0.25, -0.2) is 4.98 Å². The zero-order valence-corrected chi connectivity index (χ0v) is 9.09. The smallest absolute Gasteiger partial charge is 0.139 e. The summed E-state index contributed by atoms with van der Waals surface area (Å²) >= 11 is 2.00. The first-order valence-electron chi connectivity index (χ1n) is 5.10. The molecule has 1 unspecified atom stereocenters. The highest BCUT2D eigenvalue weighted by atomic mass is 32.2. The Morgan fingerprint density at radius 1 is 1.47 bits per heavy atom. The first-order chi connectivity index (χ1) is 7.43. The monoisotopic (exact) mass is 220 g/mol. The van der Waals surface area contributed by atoms with Crippen LogP contribution in [0.15, 0.2) is 29.0 Å². The number of anilines is 1. The minimum atomic E-state index is 0.558. The van der Waals surface area contributed by atoms with Crippen molar-refractivity contribution in [3.63, 3.8) is 0 Å². The van der Waals surface area contributed by atoms with Gasteiger partial charge in [0.1, 0.15) is 11.4 Å². The standard InChI is InChI=1S/C11H12N2OS/c1-4-12-11(9-2-5-14-10(1)9)13-8-3-6-15-7-8/h1-2,4-5,8H,3,6-7H2,(H,12,13). The fourth-order valence-electron chi connectivity index (χ4n) is 1.85. The lowest BCUT2D eigenvalue weighted by atomic mass is 10.2. The van der Waals surface area contributed by atoms with E-state index >= 15 is 0 Å². The summed E-state index contributed by atoms with van der Waals surface area (Å²) in [6, 6.07) is 4.42. The SMILES string of the molecule is c1cc2occc2c(NC2CCSC2)n1. The molecule has 4 heteroatoms. The van der Waals surface area contributed by atoms with Gasteiger partial charge in [-0.3, -0.25) is 0 Å². The van der Waals surface area contributed by atoms with Crippen molar-refractivity contribution in [1.82, 2.24) is 4.98 Å². The normalized spacial score (nSPS) is 20.9. The van der Waals surface area contributed by atoms with Gasteiger partial charge in [-0.1, -0.05) is 0 Å². The molecule has 0 aliphatic carbocycles. The maximum atomic E-state index is 5.34. The second-order valence-electron chi connectivity index (χ2n) is 3.70. The number of aromatic nitrogens is 1. The van der Waals surface area contributed by atoms with E-state index in [4.69, 9.17) is 4.42 Å². The predicted molar refractivity (Wildman–Crippen MR) is 63.4 cm³/mol. The highest BCUT2D eigenvalue weighted by molar-refractivity contribution is 7.99. The Hall–Kier alpha value is -1.16. The van der Waals surface area contributed by atoms with Crippen LogP contribution in [0, 0.1) is 0 Å². The molecule has 0 aromatic carbocycles. The summed E-state index contributed by atoms with van der Waals surface area (Å²) in [6.45, 7) is 0. The van der Waals surface area contributed by atoms with Gasteiger partial charge in [0.15, 0.2) is 0 Å². The van der Waals surface area contributed by atoms with E-state index in [9.17, 15) is 0 Å². The van der Waals surface area contributed by atoms with E-state index in [0.29, 0.717) is 6.04 Å². The topological polar surface area (TPSA) is 38.1 Å². The molecule has 0 bridgehead atoms. The summed E-state index contributed by atoms with van der Waals surface area (Å²) < 4.78 is 5.34. The van der Waals surface area contributed by atoms with E-state index in [-0.39, 0.29) is 0 Å². The van der Waals surface area contributed by atoms with Gasteiger partial charge in [0.25, 0.3) is 0 Å². The van der Waals surface area contributed by atoms with Crippen LogP contribution in [0.4, 0.5) is 5.82 Å². The third-order valence-corrected chi connectivity index (χ3v) is 3.81. The maximum Gasteiger partial charge on any atom is 0.139 e. The molecule has 1 saturated heterocycles. The molecule has 0 amide bonds. The molecule has 0 saturated carbocycles. The Morgan fingerprint density at radius 2 is 2.47 bits per heavy atom. The summed E-state index contributed by atoms with van der Waals surface area (Å²) in [5, 5.41) is 4.56. The van der Waals surface area contributed by atoms with Crippen molar-refractivity contribution in [2.75, 3.05) is 16.8 Å². The highest BCUT2D eigenvalue weighted by Gasteiger charge is 2.16. The van der Waals surface area contributed by atoms with Crippen molar-refractivity contribution in [2.45, 2.75) is 12.5 Å². The molecular formula is C11H12N2OS. The summed E-state index contributed by atoms with van der Waals surface area (Å²) in [4.78, 5) is 4.36. The molecule has 1 N–H and O–H groups in total. The zero-order valence-electron chi connectivity index (χ0n) is 8.27. The van der Waals surface area contributed by atoms with Crippen LogP contribution in [0.5, 0.6) is 0 Å². The van der Waals surface area contributed by atoms with E-state index in [1.807, 2.05) is 23.9 Å². The van der Waals surface area contributed by atoms with Gasteiger partial charge in [-0.2, -0.15) is 11.8 Å². The average Bonchev–Trinajstić information content (AvgIpc) is 2.87. The Morgan fingerprint density at radius 3 is 3.33 bits per heavy atom. The fourth-order valence-corrected chi connectivity index (χ4v) is 3.00. The number of hydrogen-bond acceptors (Lipinski definition) is 4. The van der Waals surface area contributed by atoms with Crippen molar-refractivity contribution in [2.24, 2.45) is 0 Å². The number of pyridine rings is 1. The maximum absolute atomic E-state index is 5.34. The quantitative estimate of drug-likeness (QED) is 0.844. The van der Waals surface area contributed by atoms with E-state index in [1.54, 1.807) is 12.5 Å². The molecule has 1 fully saturated rings. The highest BCUT2D eigenvalue weighted by Crippen LogP contribution is 2.25. The minimum absolute atomic E-state index is 0.558. The van der Waals surface area contributed by atoms with Crippen LogP contribution in [0.1, 0.15) is 6.42 Å². The summed E-state index contributed by atoms with van der Waals surface area (Å²) in [5.41, 5.74) is 0.901. The molecule has 1 atom stereocenters. The van der Waals surface area contributed by atoms with E-state index in [1.165, 1.54) is 17.9 Å². The predicted octanol–water partition coefficient (Wildman–Crippen LogP) is 2.75. The Bertz CT molecular complexity index is 462. The third-order valence-electron chi connectivity index (χ3n) is 2.65. The lowest BCUT2D eigenvalue weighted by Crippen LogP contribution is -2.18. The molecule has 78 valence electrons. The van der Waals surface area contributed by atoms with Crippen LogP contribution in [0.2, 0.25) is 0 Å². The summed E-state index contributed by atoms with van der Waals surface area (Å²) in [5.74, 6) is 3.38. The Balaban J connectivity index is 1.92. The molecular weight excluding hydrogens is 208 g/mol. The second kappa shape index (κ2) is 3.77. The van der Waals surface area contributed by atoms with E-state index in [0.717, 1.165) is 16.8 Å². The molecule has 0 radical (unpaired) electrons. The third kappa shape index (κ3) is 1.69. The second-order valence-corrected chi connectivity index (χ2v) is 4.85. The first kappa shape index (κ1) is 9.09. The number of thioether (sulfide) groups is 1. The lowest BCUT2D eigenvalue weighted by molar-refractivity contribution is 0.615. The van der Waals surface area contributed by atoms with Crippen molar-refractivity contribution >= 4 is 28.5 Å². The molecule has 3 heterocycles. The van der Waals surface area contributed by atoms with Crippen molar-refractivity contribution in [3.05, 3.63) is 24.6 Å². The van der Waals surface area contributed by atoms with Gasteiger partial charge in [0, 0.05) is 18.0 Å². The molecule has 2 aromatic rings. The first-order valence-corrected chi connectivity index (χ1v) is 6.25. The van der Waals surface area contributed by atoms with E-state index < -0.39 is 0 Å². The van der Waals surface area contributed by atoms with Gasteiger partial charge in [0.05, 0.1) is 11.6 Å². The Labute approximate surface area is 92.3 Å². The molecule has 0 spiro atoms. The summed E-state index contributed by atoms with van der Waals surface area (Å²) in [7, 11) is 0. The van der Waals surface area contributed by atoms with Crippen LogP contribution >= 0.6 is 11.8 Å². The van der Waals surface area contributed by atoms with Crippen LogP contribution < -0.4 is 5.32 Å². The number of rotatable bonds is 2.